The average Bonchev–Trinajstić information content (AvgIpc) is 2.47. The van der Waals surface area contributed by atoms with Crippen LogP contribution in [0.3, 0.4) is 0 Å². The second kappa shape index (κ2) is 6.99. The normalized spacial score (nSPS) is 18.7. The van der Waals surface area contributed by atoms with Gasteiger partial charge < -0.3 is 20.7 Å². The Kier molecular flexibility index (Phi) is 5.03. The molecule has 1 fully saturated rings. The number of amides is 2. The molecule has 104 valence electrons. The van der Waals surface area contributed by atoms with Gasteiger partial charge in [-0.3, -0.25) is 0 Å². The number of hydrogen-bond acceptors (Lipinski definition) is 3. The van der Waals surface area contributed by atoms with E-state index in [2.05, 4.69) is 16.0 Å². The van der Waals surface area contributed by atoms with Gasteiger partial charge in [-0.05, 0) is 37.1 Å². The summed E-state index contributed by atoms with van der Waals surface area (Å²) in [4.78, 5) is 11.7. The molecule has 0 spiro atoms. The van der Waals surface area contributed by atoms with Crippen molar-refractivity contribution in [1.82, 2.24) is 16.0 Å². The third kappa shape index (κ3) is 4.44. The standard InChI is InChI=1S/C14H21N3O2/c1-19-13-6-4-11(5-7-13)9-16-14(18)17-12-3-2-8-15-10-12/h4-7,12,15H,2-3,8-10H2,1H3,(H2,16,17,18). The lowest BCUT2D eigenvalue weighted by atomic mass is 10.1. The molecule has 0 aliphatic carbocycles. The van der Waals surface area contributed by atoms with Gasteiger partial charge in [0.25, 0.3) is 0 Å². The SMILES string of the molecule is COc1ccc(CNC(=O)NC2CCCNC2)cc1. The molecule has 1 heterocycles. The minimum atomic E-state index is -0.107. The first kappa shape index (κ1) is 13.7. The Bertz CT molecular complexity index is 400. The molecule has 0 bridgehead atoms. The van der Waals surface area contributed by atoms with Gasteiger partial charge in [0, 0.05) is 19.1 Å². The molecule has 1 atom stereocenters. The van der Waals surface area contributed by atoms with Crippen molar-refractivity contribution in [3.8, 4) is 5.75 Å². The molecular weight excluding hydrogens is 242 g/mol. The van der Waals surface area contributed by atoms with Crippen molar-refractivity contribution in [2.75, 3.05) is 20.2 Å². The molecule has 3 N–H and O–H groups in total. The second-order valence-electron chi connectivity index (χ2n) is 4.72. The number of hydrogen-bond donors (Lipinski definition) is 3. The van der Waals surface area contributed by atoms with Gasteiger partial charge in [0.15, 0.2) is 0 Å². The first-order chi connectivity index (χ1) is 9.28. The average molecular weight is 263 g/mol. The van der Waals surface area contributed by atoms with Gasteiger partial charge >= 0.3 is 6.03 Å². The molecule has 19 heavy (non-hydrogen) atoms. The summed E-state index contributed by atoms with van der Waals surface area (Å²) in [5, 5.41) is 9.11. The van der Waals surface area contributed by atoms with Crippen LogP contribution in [0, 0.1) is 0 Å². The number of rotatable bonds is 4. The number of urea groups is 1. The first-order valence-electron chi connectivity index (χ1n) is 6.66. The van der Waals surface area contributed by atoms with Crippen LogP contribution >= 0.6 is 0 Å². The van der Waals surface area contributed by atoms with Gasteiger partial charge in [-0.2, -0.15) is 0 Å². The quantitative estimate of drug-likeness (QED) is 0.766. The van der Waals surface area contributed by atoms with E-state index in [1.807, 2.05) is 24.3 Å². The number of piperidine rings is 1. The Morgan fingerprint density at radius 1 is 1.42 bits per heavy atom. The van der Waals surface area contributed by atoms with E-state index in [4.69, 9.17) is 4.74 Å². The fraction of sp³-hybridized carbons (Fsp3) is 0.500. The van der Waals surface area contributed by atoms with Crippen molar-refractivity contribution in [3.63, 3.8) is 0 Å². The van der Waals surface area contributed by atoms with E-state index in [0.717, 1.165) is 37.2 Å². The van der Waals surface area contributed by atoms with Gasteiger partial charge in [0.1, 0.15) is 5.75 Å². The van der Waals surface area contributed by atoms with Crippen molar-refractivity contribution < 1.29 is 9.53 Å². The summed E-state index contributed by atoms with van der Waals surface area (Å²) in [5.74, 6) is 0.821. The monoisotopic (exact) mass is 263 g/mol. The summed E-state index contributed by atoms with van der Waals surface area (Å²) in [6.45, 7) is 2.43. The van der Waals surface area contributed by atoms with Crippen LogP contribution in [0.5, 0.6) is 5.75 Å². The third-order valence-electron chi connectivity index (χ3n) is 3.24. The van der Waals surface area contributed by atoms with Crippen molar-refractivity contribution in [3.05, 3.63) is 29.8 Å². The van der Waals surface area contributed by atoms with Crippen molar-refractivity contribution in [2.45, 2.75) is 25.4 Å². The number of carbonyl (C=O) groups is 1. The number of benzene rings is 1. The maximum absolute atomic E-state index is 11.7. The minimum absolute atomic E-state index is 0.107. The molecule has 0 aromatic heterocycles. The van der Waals surface area contributed by atoms with Crippen molar-refractivity contribution in [2.24, 2.45) is 0 Å². The number of methoxy groups -OCH3 is 1. The maximum Gasteiger partial charge on any atom is 0.315 e. The van der Waals surface area contributed by atoms with Gasteiger partial charge in [0.05, 0.1) is 7.11 Å². The highest BCUT2D eigenvalue weighted by Gasteiger charge is 2.14. The van der Waals surface area contributed by atoms with Crippen LogP contribution in [-0.2, 0) is 6.54 Å². The molecule has 0 saturated carbocycles. The van der Waals surface area contributed by atoms with Gasteiger partial charge in [-0.25, -0.2) is 4.79 Å². The summed E-state index contributed by atoms with van der Waals surface area (Å²) in [6, 6.07) is 7.80. The van der Waals surface area contributed by atoms with E-state index in [1.54, 1.807) is 7.11 Å². The van der Waals surface area contributed by atoms with Crippen LogP contribution in [0.1, 0.15) is 18.4 Å². The zero-order valence-electron chi connectivity index (χ0n) is 11.2. The molecule has 1 saturated heterocycles. The Morgan fingerprint density at radius 3 is 2.84 bits per heavy atom. The molecule has 1 aliphatic heterocycles. The van der Waals surface area contributed by atoms with Crippen LogP contribution < -0.4 is 20.7 Å². The Morgan fingerprint density at radius 2 is 2.21 bits per heavy atom. The van der Waals surface area contributed by atoms with Gasteiger partial charge in [-0.15, -0.1) is 0 Å². The lowest BCUT2D eigenvalue weighted by Crippen LogP contribution is -2.48. The highest BCUT2D eigenvalue weighted by atomic mass is 16.5. The Hall–Kier alpha value is -1.75. The van der Waals surface area contributed by atoms with E-state index in [9.17, 15) is 4.79 Å². The molecule has 5 heteroatoms. The van der Waals surface area contributed by atoms with Crippen LogP contribution in [0.2, 0.25) is 0 Å². The topological polar surface area (TPSA) is 62.4 Å². The van der Waals surface area contributed by atoms with Gasteiger partial charge in [-0.1, -0.05) is 12.1 Å². The molecule has 1 aromatic carbocycles. The summed E-state index contributed by atoms with van der Waals surface area (Å²) in [7, 11) is 1.64. The predicted octanol–water partition coefficient (Wildman–Crippen LogP) is 1.25. The van der Waals surface area contributed by atoms with E-state index < -0.39 is 0 Å². The van der Waals surface area contributed by atoms with Crippen molar-refractivity contribution in [1.29, 1.82) is 0 Å². The number of ether oxygens (including phenoxy) is 1. The van der Waals surface area contributed by atoms with Crippen molar-refractivity contribution >= 4 is 6.03 Å². The largest absolute Gasteiger partial charge is 0.497 e. The smallest absolute Gasteiger partial charge is 0.315 e. The predicted molar refractivity (Wildman–Crippen MR) is 74.3 cm³/mol. The zero-order chi connectivity index (χ0) is 13.5. The van der Waals surface area contributed by atoms with E-state index in [1.165, 1.54) is 0 Å². The van der Waals surface area contributed by atoms with Crippen LogP contribution in [0.25, 0.3) is 0 Å². The molecule has 2 rings (SSSR count). The molecule has 1 unspecified atom stereocenters. The fourth-order valence-electron chi connectivity index (χ4n) is 2.14. The summed E-state index contributed by atoms with van der Waals surface area (Å²) in [6.07, 6.45) is 2.16. The highest BCUT2D eigenvalue weighted by Crippen LogP contribution is 2.10. The molecule has 2 amide bonds. The van der Waals surface area contributed by atoms with Crippen LogP contribution in [0.15, 0.2) is 24.3 Å². The lowest BCUT2D eigenvalue weighted by Gasteiger charge is -2.23. The zero-order valence-corrected chi connectivity index (χ0v) is 11.2. The highest BCUT2D eigenvalue weighted by molar-refractivity contribution is 5.74. The fourth-order valence-corrected chi connectivity index (χ4v) is 2.14. The van der Waals surface area contributed by atoms with E-state index in [0.29, 0.717) is 6.54 Å². The third-order valence-corrected chi connectivity index (χ3v) is 3.24. The summed E-state index contributed by atoms with van der Waals surface area (Å²) in [5.41, 5.74) is 1.05. The molecule has 1 aliphatic rings. The summed E-state index contributed by atoms with van der Waals surface area (Å²) >= 11 is 0. The molecule has 0 radical (unpaired) electrons. The molecule has 5 nitrogen and oxygen atoms in total. The van der Waals surface area contributed by atoms with E-state index in [-0.39, 0.29) is 12.1 Å². The number of carbonyl (C=O) groups excluding carboxylic acids is 1. The van der Waals surface area contributed by atoms with Crippen LogP contribution in [-0.4, -0.2) is 32.3 Å². The van der Waals surface area contributed by atoms with Gasteiger partial charge in [0.2, 0.25) is 0 Å². The molecule has 1 aromatic rings. The lowest BCUT2D eigenvalue weighted by molar-refractivity contribution is 0.233. The second-order valence-corrected chi connectivity index (χ2v) is 4.72. The Labute approximate surface area is 113 Å². The number of nitrogens with one attached hydrogen (secondary N) is 3. The molecular formula is C14H21N3O2. The minimum Gasteiger partial charge on any atom is -0.497 e. The Balaban J connectivity index is 1.72. The maximum atomic E-state index is 11.7. The van der Waals surface area contributed by atoms with E-state index >= 15 is 0 Å². The van der Waals surface area contributed by atoms with Crippen LogP contribution in [0.4, 0.5) is 4.79 Å². The summed E-state index contributed by atoms with van der Waals surface area (Å²) < 4.78 is 5.09. The first-order valence-corrected chi connectivity index (χ1v) is 6.66.